The highest BCUT2D eigenvalue weighted by Gasteiger charge is 2.16. The maximum Gasteiger partial charge on any atom is 0.237 e. The molecule has 0 N–H and O–H groups in total. The van der Waals surface area contributed by atoms with Crippen molar-refractivity contribution in [1.29, 1.82) is 0 Å². The zero-order chi connectivity index (χ0) is 13.9. The third-order valence-electron chi connectivity index (χ3n) is 3.20. The fraction of sp³-hybridized carbons (Fsp3) is 0.125. The fourth-order valence-electron chi connectivity index (χ4n) is 2.19. The minimum absolute atomic E-state index is 0.133. The van der Waals surface area contributed by atoms with E-state index < -0.39 is 0 Å². The Bertz CT molecular complexity index is 750. The van der Waals surface area contributed by atoms with Crippen molar-refractivity contribution in [2.75, 3.05) is 7.11 Å². The van der Waals surface area contributed by atoms with Crippen molar-refractivity contribution >= 4 is 28.0 Å². The number of nitrogens with zero attached hydrogens (tertiary/aromatic N) is 1. The molecule has 3 aromatic rings. The van der Waals surface area contributed by atoms with E-state index in [1.165, 1.54) is 11.3 Å². The van der Waals surface area contributed by atoms with Crippen molar-refractivity contribution in [2.45, 2.75) is 6.54 Å². The molecule has 0 aliphatic rings. The molecule has 4 heteroatoms. The Hall–Kier alpha value is -2.20. The number of aromatic nitrogens is 1. The van der Waals surface area contributed by atoms with E-state index in [4.69, 9.17) is 4.74 Å². The quantitative estimate of drug-likeness (QED) is 0.544. The zero-order valence-corrected chi connectivity index (χ0v) is 11.9. The van der Waals surface area contributed by atoms with Crippen LogP contribution in [0, 0.1) is 0 Å². The van der Waals surface area contributed by atoms with Crippen LogP contribution in [0.3, 0.4) is 0 Å². The van der Waals surface area contributed by atoms with Crippen molar-refractivity contribution in [1.82, 2.24) is 0 Å². The molecule has 0 atom stereocenters. The Balaban J connectivity index is 1.97. The van der Waals surface area contributed by atoms with Crippen molar-refractivity contribution in [3.63, 3.8) is 0 Å². The molecule has 0 unspecified atom stereocenters. The summed E-state index contributed by atoms with van der Waals surface area (Å²) in [6, 6.07) is 13.6. The van der Waals surface area contributed by atoms with E-state index in [2.05, 4.69) is 0 Å². The number of pyridine rings is 1. The topological polar surface area (TPSA) is 30.2 Å². The number of benzene rings is 1. The number of hydrogen-bond acceptors (Lipinski definition) is 3. The molecule has 0 fully saturated rings. The van der Waals surface area contributed by atoms with E-state index in [-0.39, 0.29) is 5.78 Å². The third-order valence-corrected chi connectivity index (χ3v) is 4.11. The van der Waals surface area contributed by atoms with Crippen LogP contribution in [0.25, 0.3) is 10.9 Å². The van der Waals surface area contributed by atoms with Gasteiger partial charge in [0.05, 0.1) is 17.4 Å². The van der Waals surface area contributed by atoms with E-state index in [9.17, 15) is 4.79 Å². The largest absolute Gasteiger partial charge is 0.497 e. The number of fused-ring (bicyclic) bond motifs is 1. The van der Waals surface area contributed by atoms with Gasteiger partial charge in [0, 0.05) is 12.1 Å². The lowest BCUT2D eigenvalue weighted by Crippen LogP contribution is -2.38. The maximum absolute atomic E-state index is 12.2. The van der Waals surface area contributed by atoms with Gasteiger partial charge in [-0.3, -0.25) is 4.79 Å². The summed E-state index contributed by atoms with van der Waals surface area (Å²) in [7, 11) is 1.65. The Labute approximate surface area is 121 Å². The standard InChI is InChI=1S/C16H14NO2S/c1-19-13-6-7-14-12(10-13)4-2-8-17(14)11-15(18)16-5-3-9-20-16/h2-10H,11H2,1H3/q+1. The van der Waals surface area contributed by atoms with Crippen LogP contribution in [-0.4, -0.2) is 12.9 Å². The summed E-state index contributed by atoms with van der Waals surface area (Å²) in [6.45, 7) is 0.351. The zero-order valence-electron chi connectivity index (χ0n) is 11.1. The van der Waals surface area contributed by atoms with Crippen LogP contribution in [-0.2, 0) is 6.54 Å². The molecular weight excluding hydrogens is 270 g/mol. The fourth-order valence-corrected chi connectivity index (χ4v) is 2.85. The normalized spacial score (nSPS) is 10.7. The molecule has 2 heterocycles. The Morgan fingerprint density at radius 1 is 1.25 bits per heavy atom. The summed E-state index contributed by atoms with van der Waals surface area (Å²) >= 11 is 1.48. The lowest BCUT2D eigenvalue weighted by Gasteiger charge is -2.03. The van der Waals surface area contributed by atoms with Gasteiger partial charge in [-0.2, -0.15) is 4.57 Å². The number of Topliss-reactive ketones (excluding diaryl/α,β-unsaturated/α-hetero) is 1. The highest BCUT2D eigenvalue weighted by atomic mass is 32.1. The van der Waals surface area contributed by atoms with Crippen LogP contribution < -0.4 is 9.30 Å². The van der Waals surface area contributed by atoms with Gasteiger partial charge in [-0.15, -0.1) is 11.3 Å². The molecule has 2 aromatic heterocycles. The first-order chi connectivity index (χ1) is 9.78. The summed E-state index contributed by atoms with van der Waals surface area (Å²) in [6.07, 6.45) is 1.93. The average Bonchev–Trinajstić information content (AvgIpc) is 3.01. The second-order valence-electron chi connectivity index (χ2n) is 4.46. The summed E-state index contributed by atoms with van der Waals surface area (Å²) in [5.74, 6) is 0.952. The third kappa shape index (κ3) is 2.42. The number of carbonyl (C=O) groups is 1. The minimum Gasteiger partial charge on any atom is -0.497 e. The molecule has 1 aromatic carbocycles. The van der Waals surface area contributed by atoms with E-state index in [1.54, 1.807) is 7.11 Å². The van der Waals surface area contributed by atoms with Gasteiger partial charge in [0.25, 0.3) is 0 Å². The number of ether oxygens (including phenoxy) is 1. The van der Waals surface area contributed by atoms with Crippen LogP contribution in [0.2, 0.25) is 0 Å². The maximum atomic E-state index is 12.2. The second kappa shape index (κ2) is 5.43. The Morgan fingerprint density at radius 3 is 2.90 bits per heavy atom. The van der Waals surface area contributed by atoms with Gasteiger partial charge >= 0.3 is 0 Å². The first-order valence-electron chi connectivity index (χ1n) is 6.31. The number of ketones is 1. The number of thiophene rings is 1. The molecule has 0 radical (unpaired) electrons. The van der Waals surface area contributed by atoms with Gasteiger partial charge in [0.1, 0.15) is 5.75 Å². The predicted octanol–water partition coefficient (Wildman–Crippen LogP) is 3.08. The minimum atomic E-state index is 0.133. The molecule has 3 nitrogen and oxygen atoms in total. The molecule has 0 spiro atoms. The number of carbonyl (C=O) groups excluding carboxylic acids is 1. The monoisotopic (exact) mass is 284 g/mol. The molecule has 3 rings (SSSR count). The molecule has 0 saturated heterocycles. The summed E-state index contributed by atoms with van der Waals surface area (Å²) in [5, 5.41) is 2.98. The average molecular weight is 284 g/mol. The van der Waals surface area contributed by atoms with Crippen molar-refractivity contribution < 1.29 is 14.1 Å². The van der Waals surface area contributed by atoms with E-state index in [1.807, 2.05) is 58.6 Å². The van der Waals surface area contributed by atoms with Crippen LogP contribution in [0.1, 0.15) is 9.67 Å². The van der Waals surface area contributed by atoms with E-state index in [0.717, 1.165) is 21.5 Å². The highest BCUT2D eigenvalue weighted by molar-refractivity contribution is 7.12. The van der Waals surface area contributed by atoms with Gasteiger partial charge in [0.2, 0.25) is 17.8 Å². The predicted molar refractivity (Wildman–Crippen MR) is 79.3 cm³/mol. The van der Waals surface area contributed by atoms with E-state index in [0.29, 0.717) is 6.54 Å². The SMILES string of the molecule is COc1ccc2c(ccc[n+]2CC(=O)c2cccs2)c1. The number of hydrogen-bond donors (Lipinski definition) is 0. The van der Waals surface area contributed by atoms with Crippen LogP contribution in [0.5, 0.6) is 5.75 Å². The molecule has 100 valence electrons. The molecule has 0 aliphatic heterocycles. The molecule has 20 heavy (non-hydrogen) atoms. The number of methoxy groups -OCH3 is 1. The van der Waals surface area contributed by atoms with Gasteiger partial charge in [0.15, 0.2) is 6.20 Å². The van der Waals surface area contributed by atoms with Crippen molar-refractivity contribution in [3.8, 4) is 5.75 Å². The van der Waals surface area contributed by atoms with Crippen molar-refractivity contribution in [3.05, 3.63) is 58.9 Å². The van der Waals surface area contributed by atoms with Crippen molar-refractivity contribution in [2.24, 2.45) is 0 Å². The summed E-state index contributed by atoms with van der Waals surface area (Å²) in [4.78, 5) is 13.0. The van der Waals surface area contributed by atoms with Crippen LogP contribution in [0.4, 0.5) is 0 Å². The van der Waals surface area contributed by atoms with E-state index >= 15 is 0 Å². The van der Waals surface area contributed by atoms with Crippen LogP contribution in [0.15, 0.2) is 54.0 Å². The first kappa shape index (κ1) is 12.8. The van der Waals surface area contributed by atoms with Gasteiger partial charge in [-0.05, 0) is 29.6 Å². The molecular formula is C16H14NO2S+. The molecule has 0 saturated carbocycles. The lowest BCUT2D eigenvalue weighted by molar-refractivity contribution is -0.657. The summed E-state index contributed by atoms with van der Waals surface area (Å²) < 4.78 is 7.20. The number of rotatable bonds is 4. The van der Waals surface area contributed by atoms with Gasteiger partial charge in [-0.1, -0.05) is 6.07 Å². The van der Waals surface area contributed by atoms with Crippen LogP contribution >= 0.6 is 11.3 Å². The highest BCUT2D eigenvalue weighted by Crippen LogP contribution is 2.18. The lowest BCUT2D eigenvalue weighted by atomic mass is 10.2. The molecule has 0 amide bonds. The molecule has 0 bridgehead atoms. The smallest absolute Gasteiger partial charge is 0.237 e. The Morgan fingerprint density at radius 2 is 2.15 bits per heavy atom. The summed E-state index contributed by atoms with van der Waals surface area (Å²) in [5.41, 5.74) is 1.03. The van der Waals surface area contributed by atoms with Gasteiger partial charge in [-0.25, -0.2) is 0 Å². The second-order valence-corrected chi connectivity index (χ2v) is 5.41. The Kier molecular flexibility index (Phi) is 3.48. The molecule has 0 aliphatic carbocycles. The van der Waals surface area contributed by atoms with Gasteiger partial charge < -0.3 is 4.74 Å². The first-order valence-corrected chi connectivity index (χ1v) is 7.19.